The van der Waals surface area contributed by atoms with E-state index in [1.165, 1.54) is 25.5 Å². The van der Waals surface area contributed by atoms with Gasteiger partial charge in [0.25, 0.3) is 11.8 Å². The summed E-state index contributed by atoms with van der Waals surface area (Å²) in [5, 5.41) is 7.37. The van der Waals surface area contributed by atoms with E-state index >= 15 is 0 Å². The van der Waals surface area contributed by atoms with Crippen LogP contribution in [0.25, 0.3) is 0 Å². The van der Waals surface area contributed by atoms with Crippen molar-refractivity contribution in [3.05, 3.63) is 87.4 Å². The number of carbonyl (C=O) groups excluding carboxylic acids is 2. The Morgan fingerprint density at radius 1 is 0.875 bits per heavy atom. The van der Waals surface area contributed by atoms with E-state index in [0.717, 1.165) is 5.56 Å². The van der Waals surface area contributed by atoms with E-state index in [1.807, 2.05) is 0 Å². The lowest BCUT2D eigenvalue weighted by molar-refractivity contribution is 0.0954. The van der Waals surface area contributed by atoms with Gasteiger partial charge in [0.1, 0.15) is 0 Å². The zero-order valence-corrected chi connectivity index (χ0v) is 18.7. The fourth-order valence-electron chi connectivity index (χ4n) is 2.74. The quantitative estimate of drug-likeness (QED) is 0.373. The molecule has 3 rings (SSSR count). The van der Waals surface area contributed by atoms with Crippen LogP contribution in [0.15, 0.2) is 65.8 Å². The first-order valence-corrected chi connectivity index (χ1v) is 10.1. The zero-order chi connectivity index (χ0) is 23.1. The van der Waals surface area contributed by atoms with Gasteiger partial charge in [0, 0.05) is 16.3 Å². The summed E-state index contributed by atoms with van der Waals surface area (Å²) in [7, 11) is 3.09. The molecule has 0 spiro atoms. The van der Waals surface area contributed by atoms with E-state index in [1.54, 1.807) is 55.6 Å². The van der Waals surface area contributed by atoms with Crippen LogP contribution in [-0.4, -0.2) is 32.2 Å². The van der Waals surface area contributed by atoms with Crippen molar-refractivity contribution < 1.29 is 19.1 Å². The minimum atomic E-state index is -0.402. The standard InChI is InChI=1S/C23H19Cl2N3O4/c1-31-20-10-3-14(11-21(20)32-2)13-26-28-22(29)15-4-7-17(8-5-15)27-23(30)18-9-6-16(24)12-19(18)25/h3-13H,1-2H3,(H,27,30)(H,28,29)/b26-13-. The van der Waals surface area contributed by atoms with Crippen molar-refractivity contribution in [2.24, 2.45) is 5.10 Å². The van der Waals surface area contributed by atoms with Crippen molar-refractivity contribution in [2.75, 3.05) is 19.5 Å². The number of nitrogens with one attached hydrogen (secondary N) is 2. The molecule has 0 radical (unpaired) electrons. The molecule has 2 N–H and O–H groups in total. The lowest BCUT2D eigenvalue weighted by Gasteiger charge is -2.08. The van der Waals surface area contributed by atoms with Gasteiger partial charge in [-0.15, -0.1) is 0 Å². The third-order valence-corrected chi connectivity index (χ3v) is 4.92. The Kier molecular flexibility index (Phi) is 7.70. The Hall–Kier alpha value is -3.55. The zero-order valence-electron chi connectivity index (χ0n) is 17.2. The number of halogens is 2. The average molecular weight is 472 g/mol. The number of benzene rings is 3. The number of ether oxygens (including phenoxy) is 2. The Labute approximate surface area is 194 Å². The smallest absolute Gasteiger partial charge is 0.271 e. The fourth-order valence-corrected chi connectivity index (χ4v) is 3.23. The number of rotatable bonds is 7. The van der Waals surface area contributed by atoms with Crippen molar-refractivity contribution in [1.82, 2.24) is 5.43 Å². The molecular formula is C23H19Cl2N3O4. The van der Waals surface area contributed by atoms with Gasteiger partial charge in [-0.05, 0) is 66.2 Å². The van der Waals surface area contributed by atoms with Crippen molar-refractivity contribution in [2.45, 2.75) is 0 Å². The van der Waals surface area contributed by atoms with Gasteiger partial charge in [-0.1, -0.05) is 23.2 Å². The summed E-state index contributed by atoms with van der Waals surface area (Å²) in [5.74, 6) is 0.364. The molecule has 0 aliphatic rings. The Bertz CT molecular complexity index is 1160. The Balaban J connectivity index is 1.60. The van der Waals surface area contributed by atoms with Crippen molar-refractivity contribution in [1.29, 1.82) is 0 Å². The summed E-state index contributed by atoms with van der Waals surface area (Å²) in [5.41, 5.74) is 4.35. The van der Waals surface area contributed by atoms with Gasteiger partial charge in [0.2, 0.25) is 0 Å². The summed E-state index contributed by atoms with van der Waals surface area (Å²) in [6, 6.07) is 16.2. The van der Waals surface area contributed by atoms with Crippen molar-refractivity contribution in [3.63, 3.8) is 0 Å². The van der Waals surface area contributed by atoms with Crippen LogP contribution in [0.5, 0.6) is 11.5 Å². The van der Waals surface area contributed by atoms with Crippen LogP contribution < -0.4 is 20.2 Å². The maximum absolute atomic E-state index is 12.4. The number of amides is 2. The highest BCUT2D eigenvalue weighted by atomic mass is 35.5. The average Bonchev–Trinajstić information content (AvgIpc) is 2.79. The SMILES string of the molecule is COc1ccc(/C=N\NC(=O)c2ccc(NC(=O)c3ccc(Cl)cc3Cl)cc2)cc1OC. The molecule has 32 heavy (non-hydrogen) atoms. The number of hydrazone groups is 1. The van der Waals surface area contributed by atoms with Gasteiger partial charge in [0.15, 0.2) is 11.5 Å². The second-order valence-electron chi connectivity index (χ2n) is 6.47. The van der Waals surface area contributed by atoms with Crippen LogP contribution in [0.4, 0.5) is 5.69 Å². The molecule has 7 nitrogen and oxygen atoms in total. The molecular weight excluding hydrogens is 453 g/mol. The molecule has 3 aromatic carbocycles. The maximum atomic E-state index is 12.4. The molecule has 0 aromatic heterocycles. The summed E-state index contributed by atoms with van der Waals surface area (Å²) in [6.45, 7) is 0. The molecule has 0 atom stereocenters. The lowest BCUT2D eigenvalue weighted by atomic mass is 10.1. The van der Waals surface area contributed by atoms with Gasteiger partial charge >= 0.3 is 0 Å². The summed E-state index contributed by atoms with van der Waals surface area (Å²) < 4.78 is 10.4. The molecule has 0 saturated carbocycles. The molecule has 164 valence electrons. The lowest BCUT2D eigenvalue weighted by Crippen LogP contribution is -2.18. The van der Waals surface area contributed by atoms with Crippen molar-refractivity contribution in [3.8, 4) is 11.5 Å². The number of methoxy groups -OCH3 is 2. The van der Waals surface area contributed by atoms with Crippen LogP contribution in [0.2, 0.25) is 10.0 Å². The molecule has 3 aromatic rings. The van der Waals surface area contributed by atoms with E-state index in [0.29, 0.717) is 33.3 Å². The number of hydrogen-bond donors (Lipinski definition) is 2. The molecule has 0 heterocycles. The molecule has 0 aliphatic carbocycles. The second kappa shape index (κ2) is 10.7. The van der Waals surface area contributed by atoms with Gasteiger partial charge in [-0.2, -0.15) is 5.10 Å². The van der Waals surface area contributed by atoms with E-state index in [-0.39, 0.29) is 10.9 Å². The molecule has 2 amide bonds. The number of anilines is 1. The van der Waals surface area contributed by atoms with Gasteiger partial charge < -0.3 is 14.8 Å². The molecule has 0 saturated heterocycles. The van der Waals surface area contributed by atoms with Crippen LogP contribution in [0.1, 0.15) is 26.3 Å². The van der Waals surface area contributed by atoms with Crippen molar-refractivity contribution >= 4 is 46.9 Å². The molecule has 0 aliphatic heterocycles. The van der Waals surface area contributed by atoms with E-state index < -0.39 is 5.91 Å². The molecule has 0 unspecified atom stereocenters. The number of carbonyl (C=O) groups is 2. The van der Waals surface area contributed by atoms with E-state index in [9.17, 15) is 9.59 Å². The minimum Gasteiger partial charge on any atom is -0.493 e. The Morgan fingerprint density at radius 2 is 1.59 bits per heavy atom. The highest BCUT2D eigenvalue weighted by Crippen LogP contribution is 2.27. The molecule has 0 fully saturated rings. The molecule has 9 heteroatoms. The van der Waals surface area contributed by atoms with Gasteiger partial charge in [0.05, 0.1) is 31.0 Å². The fraction of sp³-hybridized carbons (Fsp3) is 0.0870. The number of nitrogens with zero attached hydrogens (tertiary/aromatic N) is 1. The largest absolute Gasteiger partial charge is 0.493 e. The first kappa shape index (κ1) is 23.1. The van der Waals surface area contributed by atoms with Crippen LogP contribution >= 0.6 is 23.2 Å². The summed E-state index contributed by atoms with van der Waals surface area (Å²) in [6.07, 6.45) is 1.49. The topological polar surface area (TPSA) is 89.0 Å². The second-order valence-corrected chi connectivity index (χ2v) is 7.31. The predicted molar refractivity (Wildman–Crippen MR) is 125 cm³/mol. The van der Waals surface area contributed by atoms with Crippen LogP contribution in [0.3, 0.4) is 0 Å². The Morgan fingerprint density at radius 3 is 2.25 bits per heavy atom. The predicted octanol–water partition coefficient (Wildman–Crippen LogP) is 5.03. The van der Waals surface area contributed by atoms with E-state index in [4.69, 9.17) is 32.7 Å². The maximum Gasteiger partial charge on any atom is 0.271 e. The first-order chi connectivity index (χ1) is 15.4. The highest BCUT2D eigenvalue weighted by Gasteiger charge is 2.12. The van der Waals surface area contributed by atoms with Crippen LogP contribution in [-0.2, 0) is 0 Å². The number of hydrogen-bond acceptors (Lipinski definition) is 5. The molecule has 0 bridgehead atoms. The summed E-state index contributed by atoms with van der Waals surface area (Å²) in [4.78, 5) is 24.7. The third-order valence-electron chi connectivity index (χ3n) is 4.37. The first-order valence-electron chi connectivity index (χ1n) is 9.33. The summed E-state index contributed by atoms with van der Waals surface area (Å²) >= 11 is 11.9. The highest BCUT2D eigenvalue weighted by molar-refractivity contribution is 6.37. The monoisotopic (exact) mass is 471 g/mol. The van der Waals surface area contributed by atoms with Gasteiger partial charge in [-0.25, -0.2) is 5.43 Å². The minimum absolute atomic E-state index is 0.248. The van der Waals surface area contributed by atoms with E-state index in [2.05, 4.69) is 15.8 Å². The normalized spacial score (nSPS) is 10.6. The van der Waals surface area contributed by atoms with Gasteiger partial charge in [-0.3, -0.25) is 9.59 Å². The van der Waals surface area contributed by atoms with Crippen LogP contribution in [0, 0.1) is 0 Å². The third kappa shape index (κ3) is 5.78.